The summed E-state index contributed by atoms with van der Waals surface area (Å²) in [5.74, 6) is -4.16. The molecule has 0 spiro atoms. The van der Waals surface area contributed by atoms with Gasteiger partial charge in [-0.25, -0.2) is 4.79 Å². The van der Waals surface area contributed by atoms with Gasteiger partial charge in [-0.15, -0.1) is 0 Å². The van der Waals surface area contributed by atoms with Crippen LogP contribution >= 0.6 is 0 Å². The Bertz CT molecular complexity index is 871. The van der Waals surface area contributed by atoms with Crippen LogP contribution in [-0.4, -0.2) is 83.4 Å². The van der Waals surface area contributed by atoms with Gasteiger partial charge in [-0.1, -0.05) is 46.5 Å². The number of Topliss-reactive ketones (excluding diaryl/α,β-unsaturated/α-hetero) is 1. The Balaban J connectivity index is 2.13. The van der Waals surface area contributed by atoms with E-state index in [0.717, 1.165) is 32.1 Å². The second-order valence-electron chi connectivity index (χ2n) is 10.5. The third-order valence-electron chi connectivity index (χ3n) is 6.88. The Morgan fingerprint density at radius 3 is 2.26 bits per heavy atom. The quantitative estimate of drug-likeness (QED) is 0.255. The van der Waals surface area contributed by atoms with E-state index in [1.165, 1.54) is 4.90 Å². The SMILES string of the molecule is CCC[C@H](NC(=O)[C@@H]1CCCN1C(=O)[C@@H](NC(=O)OCC(C)C)C1CCCCC1)C(=O)C(=O)NCC(=O)O. The molecule has 1 aliphatic carbocycles. The summed E-state index contributed by atoms with van der Waals surface area (Å²) in [5.41, 5.74) is 0. The van der Waals surface area contributed by atoms with Crippen LogP contribution < -0.4 is 16.0 Å². The van der Waals surface area contributed by atoms with E-state index in [2.05, 4.69) is 10.6 Å². The number of carboxylic acids is 1. The third kappa shape index (κ3) is 9.29. The van der Waals surface area contributed by atoms with Gasteiger partial charge in [-0.2, -0.15) is 0 Å². The molecule has 2 fully saturated rings. The molecule has 0 aromatic rings. The summed E-state index contributed by atoms with van der Waals surface area (Å²) in [7, 11) is 0. The van der Waals surface area contributed by atoms with Crippen LogP contribution in [0.15, 0.2) is 0 Å². The molecule has 2 rings (SSSR count). The van der Waals surface area contributed by atoms with Gasteiger partial charge in [-0.3, -0.25) is 24.0 Å². The molecule has 4 N–H and O–H groups in total. The van der Waals surface area contributed by atoms with Crippen molar-refractivity contribution in [1.82, 2.24) is 20.9 Å². The molecule has 1 aliphatic heterocycles. The zero-order chi connectivity index (χ0) is 28.2. The number of nitrogens with zero attached hydrogens (tertiary/aromatic N) is 1. The molecule has 0 unspecified atom stereocenters. The van der Waals surface area contributed by atoms with Crippen LogP contribution in [0.25, 0.3) is 0 Å². The molecule has 38 heavy (non-hydrogen) atoms. The number of alkyl carbamates (subject to hydrolysis) is 1. The molecule has 0 radical (unpaired) electrons. The number of hydrogen-bond acceptors (Lipinski definition) is 7. The number of likely N-dealkylation sites (tertiary alicyclic amines) is 1. The number of carbonyl (C=O) groups is 6. The van der Waals surface area contributed by atoms with Crippen LogP contribution in [0.2, 0.25) is 0 Å². The predicted octanol–water partition coefficient (Wildman–Crippen LogP) is 1.36. The minimum Gasteiger partial charge on any atom is -0.480 e. The smallest absolute Gasteiger partial charge is 0.407 e. The van der Waals surface area contributed by atoms with Gasteiger partial charge in [-0.05, 0) is 43.9 Å². The van der Waals surface area contributed by atoms with Gasteiger partial charge >= 0.3 is 12.1 Å². The lowest BCUT2D eigenvalue weighted by atomic mass is 9.83. The van der Waals surface area contributed by atoms with Crippen LogP contribution in [0.3, 0.4) is 0 Å². The summed E-state index contributed by atoms with van der Waals surface area (Å²) in [6.45, 7) is 5.45. The van der Waals surface area contributed by atoms with Crippen LogP contribution in [0.4, 0.5) is 4.79 Å². The number of hydrogen-bond donors (Lipinski definition) is 4. The molecule has 12 heteroatoms. The molecular formula is C26H42N4O8. The van der Waals surface area contributed by atoms with Crippen molar-refractivity contribution in [2.75, 3.05) is 19.7 Å². The molecular weight excluding hydrogens is 496 g/mol. The second-order valence-corrected chi connectivity index (χ2v) is 10.5. The van der Waals surface area contributed by atoms with Gasteiger partial charge in [0.15, 0.2) is 0 Å². The summed E-state index contributed by atoms with van der Waals surface area (Å²) in [4.78, 5) is 76.3. The first-order valence-electron chi connectivity index (χ1n) is 13.6. The highest BCUT2D eigenvalue weighted by molar-refractivity contribution is 6.38. The first kappa shape index (κ1) is 31.0. The Labute approximate surface area is 223 Å². The number of ether oxygens (including phenoxy) is 1. The number of carboxylic acid groups (broad SMARTS) is 1. The molecule has 4 amide bonds. The van der Waals surface area contributed by atoms with E-state index in [1.807, 2.05) is 19.2 Å². The Hall–Kier alpha value is -3.18. The number of carbonyl (C=O) groups excluding carboxylic acids is 5. The van der Waals surface area contributed by atoms with Gasteiger partial charge < -0.3 is 30.7 Å². The van der Waals surface area contributed by atoms with Crippen molar-refractivity contribution in [3.05, 3.63) is 0 Å². The zero-order valence-corrected chi connectivity index (χ0v) is 22.6. The molecule has 0 bridgehead atoms. The van der Waals surface area contributed by atoms with Gasteiger partial charge in [0.2, 0.25) is 17.6 Å². The van der Waals surface area contributed by atoms with E-state index >= 15 is 0 Å². The van der Waals surface area contributed by atoms with Crippen molar-refractivity contribution in [1.29, 1.82) is 0 Å². The maximum absolute atomic E-state index is 13.7. The van der Waals surface area contributed by atoms with E-state index in [9.17, 15) is 28.8 Å². The number of ketones is 1. The normalized spacial score (nSPS) is 19.4. The van der Waals surface area contributed by atoms with Crippen molar-refractivity contribution in [2.24, 2.45) is 11.8 Å². The predicted molar refractivity (Wildman–Crippen MR) is 137 cm³/mol. The average molecular weight is 539 g/mol. The molecule has 1 saturated heterocycles. The van der Waals surface area contributed by atoms with Crippen molar-refractivity contribution >= 4 is 35.6 Å². The van der Waals surface area contributed by atoms with Crippen molar-refractivity contribution < 1.29 is 38.6 Å². The van der Waals surface area contributed by atoms with Gasteiger partial charge in [0.05, 0.1) is 12.6 Å². The maximum Gasteiger partial charge on any atom is 0.407 e. The fourth-order valence-electron chi connectivity index (χ4n) is 4.97. The highest BCUT2D eigenvalue weighted by atomic mass is 16.5. The van der Waals surface area contributed by atoms with E-state index in [4.69, 9.17) is 9.84 Å². The molecule has 1 heterocycles. The number of rotatable bonds is 13. The van der Waals surface area contributed by atoms with Crippen molar-refractivity contribution in [2.45, 2.75) is 96.7 Å². The summed E-state index contributed by atoms with van der Waals surface area (Å²) in [6.07, 6.45) is 5.49. The van der Waals surface area contributed by atoms with Gasteiger partial charge in [0.25, 0.3) is 5.91 Å². The number of nitrogens with one attached hydrogen (secondary N) is 3. The molecule has 3 atom stereocenters. The second kappa shape index (κ2) is 15.3. The van der Waals surface area contributed by atoms with Gasteiger partial charge in [0.1, 0.15) is 18.6 Å². The highest BCUT2D eigenvalue weighted by Crippen LogP contribution is 2.29. The third-order valence-corrected chi connectivity index (χ3v) is 6.88. The minimum atomic E-state index is -1.29. The maximum atomic E-state index is 13.7. The Kier molecular flexibility index (Phi) is 12.5. The number of amides is 4. The van der Waals surface area contributed by atoms with Crippen molar-refractivity contribution in [3.63, 3.8) is 0 Å². The topological polar surface area (TPSA) is 171 Å². The molecule has 214 valence electrons. The molecule has 12 nitrogen and oxygen atoms in total. The minimum absolute atomic E-state index is 0.0699. The van der Waals surface area contributed by atoms with E-state index < -0.39 is 54.3 Å². The van der Waals surface area contributed by atoms with Gasteiger partial charge in [0, 0.05) is 6.54 Å². The Morgan fingerprint density at radius 2 is 1.66 bits per heavy atom. The Morgan fingerprint density at radius 1 is 0.974 bits per heavy atom. The fraction of sp³-hybridized carbons (Fsp3) is 0.769. The van der Waals surface area contributed by atoms with Crippen LogP contribution in [0.5, 0.6) is 0 Å². The van der Waals surface area contributed by atoms with E-state index in [0.29, 0.717) is 25.8 Å². The summed E-state index contributed by atoms with van der Waals surface area (Å²) in [5, 5.41) is 16.1. The largest absolute Gasteiger partial charge is 0.480 e. The first-order valence-corrected chi connectivity index (χ1v) is 13.6. The van der Waals surface area contributed by atoms with Crippen LogP contribution in [0.1, 0.15) is 78.6 Å². The standard InChI is InChI=1S/C26H42N4O8/c1-4-9-18(22(33)24(35)27-14-20(31)32)28-23(34)19-12-8-13-30(19)25(36)21(17-10-6-5-7-11-17)29-26(37)38-15-16(2)3/h16-19,21H,4-15H2,1-3H3,(H,27,35)(H,28,34)(H,29,37)(H,31,32)/t18-,19-,21-/m0/s1. The lowest BCUT2D eigenvalue weighted by Gasteiger charge is -2.34. The monoisotopic (exact) mass is 538 g/mol. The van der Waals surface area contributed by atoms with Crippen LogP contribution in [-0.2, 0) is 28.7 Å². The first-order chi connectivity index (χ1) is 18.0. The lowest BCUT2D eigenvalue weighted by molar-refractivity contribution is -0.144. The fourth-order valence-corrected chi connectivity index (χ4v) is 4.97. The summed E-state index contributed by atoms with van der Waals surface area (Å²) < 4.78 is 5.26. The highest BCUT2D eigenvalue weighted by Gasteiger charge is 2.42. The zero-order valence-electron chi connectivity index (χ0n) is 22.6. The summed E-state index contributed by atoms with van der Waals surface area (Å²) in [6, 6.07) is -2.81. The van der Waals surface area contributed by atoms with E-state index in [1.54, 1.807) is 6.92 Å². The van der Waals surface area contributed by atoms with Crippen molar-refractivity contribution in [3.8, 4) is 0 Å². The molecule has 0 aromatic heterocycles. The summed E-state index contributed by atoms with van der Waals surface area (Å²) >= 11 is 0. The average Bonchev–Trinajstić information content (AvgIpc) is 3.39. The van der Waals surface area contributed by atoms with E-state index in [-0.39, 0.29) is 30.8 Å². The molecule has 0 aromatic carbocycles. The lowest BCUT2D eigenvalue weighted by Crippen LogP contribution is -2.58. The van der Waals surface area contributed by atoms with Crippen LogP contribution in [0, 0.1) is 11.8 Å². The molecule has 2 aliphatic rings. The number of aliphatic carboxylic acids is 1. The molecule has 1 saturated carbocycles.